The third kappa shape index (κ3) is 9.84. The van der Waals surface area contributed by atoms with E-state index in [2.05, 4.69) is 0 Å². The molecule has 0 heterocycles. The number of aliphatic hydroxyl groups excluding tert-OH is 3. The molecule has 1 unspecified atom stereocenters. The molecule has 5 nitrogen and oxygen atoms in total. The molecule has 0 aromatic rings. The van der Waals surface area contributed by atoms with Crippen LogP contribution in [-0.4, -0.2) is 53.6 Å². The van der Waals surface area contributed by atoms with E-state index in [0.29, 0.717) is 0 Å². The summed E-state index contributed by atoms with van der Waals surface area (Å²) in [4.78, 5) is 0. The van der Waals surface area contributed by atoms with Crippen LogP contribution in [0.4, 0.5) is 0 Å². The normalized spacial score (nSPS) is 12.2. The summed E-state index contributed by atoms with van der Waals surface area (Å²) in [5.41, 5.74) is 0. The van der Waals surface area contributed by atoms with Gasteiger partial charge in [0.1, 0.15) is 0 Å². The highest BCUT2D eigenvalue weighted by Gasteiger charge is 2.42. The van der Waals surface area contributed by atoms with Crippen molar-refractivity contribution in [2.24, 2.45) is 0 Å². The minimum Gasteiger partial charge on any atom is -0.396 e. The fourth-order valence-electron chi connectivity index (χ4n) is 2.09. The van der Waals surface area contributed by atoms with Crippen LogP contribution in [0.2, 0.25) is 0 Å². The van der Waals surface area contributed by atoms with Crippen molar-refractivity contribution in [3.63, 3.8) is 0 Å². The standard InChI is InChI=1S/C12H28O5P2/c13-7-1-4-10-19(17-18-16,11-5-2-8-14)12-6-3-9-15/h13-15,18H,1-12H2/q+2. The van der Waals surface area contributed by atoms with Gasteiger partial charge >= 0.3 is 8.69 Å². The number of hydrogen-bond donors (Lipinski definition) is 3. The van der Waals surface area contributed by atoms with Gasteiger partial charge in [-0.2, -0.15) is 0 Å². The summed E-state index contributed by atoms with van der Waals surface area (Å²) in [6.45, 7) is 0.521. The Morgan fingerprint density at radius 1 is 0.737 bits per heavy atom. The third-order valence-electron chi connectivity index (χ3n) is 3.15. The summed E-state index contributed by atoms with van der Waals surface area (Å²) in [6, 6.07) is 0. The van der Waals surface area contributed by atoms with Gasteiger partial charge in [0.15, 0.2) is 0 Å². The molecule has 0 aliphatic heterocycles. The summed E-state index contributed by atoms with van der Waals surface area (Å²) in [7, 11) is -2.46. The second-order valence-electron chi connectivity index (χ2n) is 4.70. The molecule has 0 aliphatic carbocycles. The summed E-state index contributed by atoms with van der Waals surface area (Å²) in [5, 5.41) is 26.6. The molecule has 0 bridgehead atoms. The molecule has 3 N–H and O–H groups in total. The highest BCUT2D eigenvalue weighted by atomic mass is 31.2. The van der Waals surface area contributed by atoms with Crippen molar-refractivity contribution in [2.45, 2.75) is 38.5 Å². The van der Waals surface area contributed by atoms with Crippen LogP contribution >= 0.6 is 16.2 Å². The van der Waals surface area contributed by atoms with E-state index in [1.165, 1.54) is 0 Å². The zero-order valence-corrected chi connectivity index (χ0v) is 13.5. The van der Waals surface area contributed by atoms with Gasteiger partial charge in [0.05, 0.1) is 18.5 Å². The van der Waals surface area contributed by atoms with Gasteiger partial charge in [-0.05, 0) is 47.4 Å². The van der Waals surface area contributed by atoms with Crippen molar-refractivity contribution < 1.29 is 24.2 Å². The third-order valence-corrected chi connectivity index (χ3v) is 8.39. The van der Waals surface area contributed by atoms with Crippen LogP contribution in [0.25, 0.3) is 0 Å². The lowest BCUT2D eigenvalue weighted by Crippen LogP contribution is -2.10. The smallest absolute Gasteiger partial charge is 0.396 e. The SMILES string of the molecule is O=[PH+]O[P+](CCCCO)(CCCCO)CCCCO. The van der Waals surface area contributed by atoms with Gasteiger partial charge in [0, 0.05) is 19.8 Å². The largest absolute Gasteiger partial charge is 0.533 e. The summed E-state index contributed by atoms with van der Waals surface area (Å²) in [6.07, 6.45) is 7.50. The first kappa shape index (κ1) is 19.4. The monoisotopic (exact) mass is 314 g/mol. The molecule has 0 aromatic heterocycles. The van der Waals surface area contributed by atoms with E-state index in [1.54, 1.807) is 0 Å². The molecule has 7 heteroatoms. The second-order valence-corrected chi connectivity index (χ2v) is 9.05. The summed E-state index contributed by atoms with van der Waals surface area (Å²) >= 11 is 0. The van der Waals surface area contributed by atoms with E-state index >= 15 is 0 Å². The predicted molar refractivity (Wildman–Crippen MR) is 80.6 cm³/mol. The van der Waals surface area contributed by atoms with Crippen molar-refractivity contribution in [2.75, 3.05) is 38.3 Å². The average Bonchev–Trinajstić information content (AvgIpc) is 2.40. The van der Waals surface area contributed by atoms with Crippen LogP contribution in [0.15, 0.2) is 0 Å². The maximum atomic E-state index is 10.9. The fraction of sp³-hybridized carbons (Fsp3) is 1.00. The maximum Gasteiger partial charge on any atom is 0.533 e. The predicted octanol–water partition coefficient (Wildman–Crippen LogP) is 2.19. The van der Waals surface area contributed by atoms with Gasteiger partial charge in [0.25, 0.3) is 0 Å². The van der Waals surface area contributed by atoms with Crippen molar-refractivity contribution in [1.82, 2.24) is 0 Å². The highest BCUT2D eigenvalue weighted by molar-refractivity contribution is 7.74. The van der Waals surface area contributed by atoms with Crippen LogP contribution in [0, 0.1) is 0 Å². The second kappa shape index (κ2) is 13.4. The lowest BCUT2D eigenvalue weighted by Gasteiger charge is -2.19. The molecular weight excluding hydrogens is 286 g/mol. The molecule has 19 heavy (non-hydrogen) atoms. The number of aliphatic hydroxyl groups is 3. The van der Waals surface area contributed by atoms with Gasteiger partial charge < -0.3 is 15.3 Å². The molecule has 0 fully saturated rings. The van der Waals surface area contributed by atoms with Crippen LogP contribution < -0.4 is 0 Å². The molecular formula is C12H28O5P2+2. The van der Waals surface area contributed by atoms with Crippen LogP contribution in [0.5, 0.6) is 0 Å². The molecule has 0 amide bonds. The maximum absolute atomic E-state index is 10.9. The van der Waals surface area contributed by atoms with E-state index < -0.39 is 16.2 Å². The van der Waals surface area contributed by atoms with Gasteiger partial charge in [-0.3, -0.25) is 0 Å². The molecule has 0 rings (SSSR count). The summed E-state index contributed by atoms with van der Waals surface area (Å²) < 4.78 is 16.5. The van der Waals surface area contributed by atoms with Crippen molar-refractivity contribution in [1.29, 1.82) is 0 Å². The molecule has 0 saturated carbocycles. The van der Waals surface area contributed by atoms with Gasteiger partial charge in [-0.15, -0.1) is 0 Å². The highest BCUT2D eigenvalue weighted by Crippen LogP contribution is 2.64. The molecule has 0 saturated heterocycles. The van der Waals surface area contributed by atoms with E-state index in [1.807, 2.05) is 0 Å². The van der Waals surface area contributed by atoms with Crippen LogP contribution in [-0.2, 0) is 8.88 Å². The van der Waals surface area contributed by atoms with Gasteiger partial charge in [-0.1, -0.05) is 0 Å². The lowest BCUT2D eigenvalue weighted by atomic mass is 10.3. The first-order valence-electron chi connectivity index (χ1n) is 6.99. The van der Waals surface area contributed by atoms with E-state index in [9.17, 15) is 4.57 Å². The minimum atomic E-state index is -1.72. The lowest BCUT2D eigenvalue weighted by molar-refractivity contribution is 0.285. The average molecular weight is 314 g/mol. The topological polar surface area (TPSA) is 87.0 Å². The Morgan fingerprint density at radius 3 is 1.37 bits per heavy atom. The van der Waals surface area contributed by atoms with Crippen molar-refractivity contribution >= 4 is 16.2 Å². The fourth-order valence-corrected chi connectivity index (χ4v) is 6.89. The Labute approximate surface area is 118 Å². The number of hydrogen-bond acceptors (Lipinski definition) is 5. The zero-order chi connectivity index (χ0) is 14.4. The Morgan fingerprint density at radius 2 is 1.11 bits per heavy atom. The Kier molecular flexibility index (Phi) is 13.6. The Hall–Kier alpha value is 0.370. The molecule has 114 valence electrons. The molecule has 0 spiro atoms. The van der Waals surface area contributed by atoms with E-state index in [-0.39, 0.29) is 19.8 Å². The first-order valence-corrected chi connectivity index (χ1v) is 10.1. The quantitative estimate of drug-likeness (QED) is 0.338. The number of unbranched alkanes of at least 4 members (excludes halogenated alkanes) is 3. The minimum absolute atomic E-state index is 0.174. The van der Waals surface area contributed by atoms with Crippen molar-refractivity contribution in [3.8, 4) is 0 Å². The van der Waals surface area contributed by atoms with E-state index in [0.717, 1.165) is 57.0 Å². The zero-order valence-electron chi connectivity index (χ0n) is 11.6. The number of rotatable bonds is 14. The van der Waals surface area contributed by atoms with Gasteiger partial charge in [-0.25, -0.2) is 0 Å². The van der Waals surface area contributed by atoms with E-state index in [4.69, 9.17) is 19.6 Å². The molecule has 1 atom stereocenters. The van der Waals surface area contributed by atoms with Gasteiger partial charge in [0.2, 0.25) is 7.49 Å². The van der Waals surface area contributed by atoms with Crippen LogP contribution in [0.1, 0.15) is 38.5 Å². The van der Waals surface area contributed by atoms with Crippen LogP contribution in [0.3, 0.4) is 0 Å². The molecule has 0 aliphatic rings. The molecule has 0 aromatic carbocycles. The first-order chi connectivity index (χ1) is 9.24. The Bertz CT molecular complexity index is 190. The van der Waals surface area contributed by atoms with Crippen molar-refractivity contribution in [3.05, 3.63) is 0 Å². The summed E-state index contributed by atoms with van der Waals surface area (Å²) in [5.74, 6) is 0. The Balaban J connectivity index is 4.42. The molecule has 0 radical (unpaired) electrons.